The van der Waals surface area contributed by atoms with Gasteiger partial charge < -0.3 is 37.9 Å². The fourth-order valence-electron chi connectivity index (χ4n) is 3.20. The van der Waals surface area contributed by atoms with Gasteiger partial charge in [0.1, 0.15) is 12.1 Å². The number of rotatable bonds is 14. The molecule has 32 heavy (non-hydrogen) atoms. The third-order valence-corrected chi connectivity index (χ3v) is 5.02. The average molecular weight is 449 g/mol. The van der Waals surface area contributed by atoms with Crippen molar-refractivity contribution in [3.05, 3.63) is 29.8 Å². The molecule has 3 amide bonds. The van der Waals surface area contributed by atoms with Gasteiger partial charge in [0.05, 0.1) is 6.04 Å². The molecule has 0 aliphatic carbocycles. The van der Waals surface area contributed by atoms with Gasteiger partial charge in [-0.15, -0.1) is 0 Å². The molecule has 0 aliphatic rings. The first-order valence-electron chi connectivity index (χ1n) is 10.9. The number of primary amides is 1. The van der Waals surface area contributed by atoms with Crippen LogP contribution < -0.4 is 33.3 Å². The molecule has 0 unspecified atom stereocenters. The van der Waals surface area contributed by atoms with Crippen molar-refractivity contribution in [3.8, 4) is 0 Å². The molecule has 0 aliphatic heterocycles. The van der Waals surface area contributed by atoms with E-state index in [0.717, 1.165) is 5.56 Å². The first kappa shape index (κ1) is 27.6. The number of unbranched alkanes of at least 4 members (excludes halogenated alkanes) is 1. The Balaban J connectivity index is 2.81. The molecule has 3 atom stereocenters. The highest BCUT2D eigenvalue weighted by Gasteiger charge is 2.27. The van der Waals surface area contributed by atoms with E-state index in [-0.39, 0.29) is 12.3 Å². The largest absolute Gasteiger partial charge is 0.488 e. The number of amides is 3. The highest BCUT2D eigenvalue weighted by molar-refractivity contribution is 6.58. The SMILES string of the molecule is CC(C)C[C@H](NC(=O)[C@H](CCCCN)NC(=O)[C@@H](N)Cc1ccc(B(O)O)cc1)C(N)=O. The van der Waals surface area contributed by atoms with Gasteiger partial charge >= 0.3 is 7.12 Å². The smallest absolute Gasteiger partial charge is 0.423 e. The molecule has 10 N–H and O–H groups in total. The van der Waals surface area contributed by atoms with E-state index in [1.54, 1.807) is 12.1 Å². The Morgan fingerprint density at radius 2 is 1.59 bits per heavy atom. The van der Waals surface area contributed by atoms with Gasteiger partial charge in [0.2, 0.25) is 17.7 Å². The van der Waals surface area contributed by atoms with Crippen LogP contribution in [0.2, 0.25) is 0 Å². The van der Waals surface area contributed by atoms with Crippen LogP contribution in [0.1, 0.15) is 45.1 Å². The third kappa shape index (κ3) is 9.78. The minimum Gasteiger partial charge on any atom is -0.423 e. The normalized spacial score (nSPS) is 13.8. The van der Waals surface area contributed by atoms with Gasteiger partial charge in [-0.05, 0) is 55.6 Å². The predicted molar refractivity (Wildman–Crippen MR) is 123 cm³/mol. The summed E-state index contributed by atoms with van der Waals surface area (Å²) in [5.41, 5.74) is 18.0. The minimum atomic E-state index is -1.58. The number of hydrogen-bond acceptors (Lipinski definition) is 7. The molecule has 0 saturated carbocycles. The first-order chi connectivity index (χ1) is 15.0. The van der Waals surface area contributed by atoms with Crippen LogP contribution in [-0.4, -0.2) is 59.6 Å². The highest BCUT2D eigenvalue weighted by Crippen LogP contribution is 2.08. The van der Waals surface area contributed by atoms with Gasteiger partial charge in [0.25, 0.3) is 0 Å². The van der Waals surface area contributed by atoms with Crippen molar-refractivity contribution in [3.63, 3.8) is 0 Å². The van der Waals surface area contributed by atoms with Crippen LogP contribution in [0.3, 0.4) is 0 Å². The Morgan fingerprint density at radius 1 is 1.00 bits per heavy atom. The average Bonchev–Trinajstić information content (AvgIpc) is 2.72. The fraction of sp³-hybridized carbons (Fsp3) is 0.571. The highest BCUT2D eigenvalue weighted by atomic mass is 16.4. The molecule has 0 bridgehead atoms. The number of benzene rings is 1. The Hall–Kier alpha value is -2.47. The summed E-state index contributed by atoms with van der Waals surface area (Å²) < 4.78 is 0. The minimum absolute atomic E-state index is 0.143. The maximum atomic E-state index is 12.8. The predicted octanol–water partition coefficient (Wildman–Crippen LogP) is -2.13. The molecule has 10 nitrogen and oxygen atoms in total. The van der Waals surface area contributed by atoms with Gasteiger partial charge in [-0.3, -0.25) is 14.4 Å². The summed E-state index contributed by atoms with van der Waals surface area (Å²) in [5.74, 6) is -1.49. The van der Waals surface area contributed by atoms with Gasteiger partial charge in [-0.1, -0.05) is 38.1 Å². The van der Waals surface area contributed by atoms with Crippen LogP contribution >= 0.6 is 0 Å². The lowest BCUT2D eigenvalue weighted by Gasteiger charge is -2.24. The number of nitrogens with one attached hydrogen (secondary N) is 2. The molecule has 0 spiro atoms. The van der Waals surface area contributed by atoms with Crippen LogP contribution in [0, 0.1) is 5.92 Å². The second kappa shape index (κ2) is 13.8. The monoisotopic (exact) mass is 449 g/mol. The lowest BCUT2D eigenvalue weighted by atomic mass is 9.80. The van der Waals surface area contributed by atoms with E-state index in [0.29, 0.717) is 37.7 Å². The van der Waals surface area contributed by atoms with Crippen LogP contribution in [0.5, 0.6) is 0 Å². The van der Waals surface area contributed by atoms with Crippen LogP contribution in [0.15, 0.2) is 24.3 Å². The maximum absolute atomic E-state index is 12.8. The van der Waals surface area contributed by atoms with E-state index in [1.807, 2.05) is 13.8 Å². The van der Waals surface area contributed by atoms with Crippen molar-refractivity contribution in [1.29, 1.82) is 0 Å². The topological polar surface area (TPSA) is 194 Å². The summed E-state index contributed by atoms with van der Waals surface area (Å²) in [4.78, 5) is 37.2. The number of carbonyl (C=O) groups excluding carboxylic acids is 3. The van der Waals surface area contributed by atoms with Crippen molar-refractivity contribution in [1.82, 2.24) is 10.6 Å². The van der Waals surface area contributed by atoms with E-state index in [1.165, 1.54) is 12.1 Å². The second-order valence-electron chi connectivity index (χ2n) is 8.36. The van der Waals surface area contributed by atoms with Crippen molar-refractivity contribution in [2.75, 3.05) is 6.54 Å². The zero-order valence-corrected chi connectivity index (χ0v) is 18.8. The molecule has 1 rings (SSSR count). The number of nitrogens with two attached hydrogens (primary N) is 3. The van der Waals surface area contributed by atoms with E-state index in [9.17, 15) is 14.4 Å². The summed E-state index contributed by atoms with van der Waals surface area (Å²) in [5, 5.41) is 23.6. The van der Waals surface area contributed by atoms with Crippen LogP contribution in [0.4, 0.5) is 0 Å². The molecule has 11 heteroatoms. The molecule has 0 heterocycles. The first-order valence-corrected chi connectivity index (χ1v) is 10.9. The van der Waals surface area contributed by atoms with Crippen molar-refractivity contribution < 1.29 is 24.4 Å². The molecular formula is C21H36BN5O5. The van der Waals surface area contributed by atoms with E-state index >= 15 is 0 Å². The Bertz CT molecular complexity index is 745. The Labute approximate surface area is 189 Å². The third-order valence-electron chi connectivity index (χ3n) is 5.02. The molecule has 0 aromatic heterocycles. The number of hydrogen-bond donors (Lipinski definition) is 7. The Morgan fingerprint density at radius 3 is 2.09 bits per heavy atom. The summed E-state index contributed by atoms with van der Waals surface area (Å²) in [6.07, 6.45) is 2.23. The van der Waals surface area contributed by atoms with Gasteiger partial charge in [0, 0.05) is 0 Å². The molecule has 0 fully saturated rings. The molecular weight excluding hydrogens is 413 g/mol. The zero-order valence-electron chi connectivity index (χ0n) is 18.8. The van der Waals surface area contributed by atoms with Crippen molar-refractivity contribution in [2.24, 2.45) is 23.1 Å². The van der Waals surface area contributed by atoms with Gasteiger partial charge in [-0.2, -0.15) is 0 Å². The van der Waals surface area contributed by atoms with Gasteiger partial charge in [-0.25, -0.2) is 0 Å². The van der Waals surface area contributed by atoms with Crippen molar-refractivity contribution >= 4 is 30.3 Å². The molecule has 178 valence electrons. The summed E-state index contributed by atoms with van der Waals surface area (Å²) in [6, 6.07) is 3.74. The van der Waals surface area contributed by atoms with E-state index < -0.39 is 43.0 Å². The molecule has 0 saturated heterocycles. The number of carbonyl (C=O) groups is 3. The van der Waals surface area contributed by atoms with Crippen molar-refractivity contribution in [2.45, 2.75) is 64.1 Å². The quantitative estimate of drug-likeness (QED) is 0.124. The van der Waals surface area contributed by atoms with E-state index in [4.69, 9.17) is 27.2 Å². The second-order valence-corrected chi connectivity index (χ2v) is 8.36. The lowest BCUT2D eigenvalue weighted by Crippen LogP contribution is -2.55. The van der Waals surface area contributed by atoms with Crippen LogP contribution in [-0.2, 0) is 20.8 Å². The molecule has 1 aromatic rings. The fourth-order valence-corrected chi connectivity index (χ4v) is 3.20. The van der Waals surface area contributed by atoms with Gasteiger partial charge in [0.15, 0.2) is 0 Å². The lowest BCUT2D eigenvalue weighted by molar-refractivity contribution is -0.132. The molecule has 1 aromatic carbocycles. The maximum Gasteiger partial charge on any atom is 0.488 e. The van der Waals surface area contributed by atoms with E-state index in [2.05, 4.69) is 10.6 Å². The zero-order chi connectivity index (χ0) is 24.3. The standard InChI is InChI=1S/C21H36BN5O5/c1-13(2)11-18(19(25)28)27-21(30)17(5-3-4-10-23)26-20(29)16(24)12-14-6-8-15(9-7-14)22(31)32/h6-9,13,16-18,31-32H,3-5,10-12,23-24H2,1-2H3,(H2,25,28)(H,26,29)(H,27,30)/t16-,17-,18-/m0/s1. The summed E-state index contributed by atoms with van der Waals surface area (Å²) >= 11 is 0. The Kier molecular flexibility index (Phi) is 11.9. The summed E-state index contributed by atoms with van der Waals surface area (Å²) in [6.45, 7) is 4.28. The summed E-state index contributed by atoms with van der Waals surface area (Å²) in [7, 11) is -1.58. The molecule has 0 radical (unpaired) electrons. The van der Waals surface area contributed by atoms with Crippen LogP contribution in [0.25, 0.3) is 0 Å².